The van der Waals surface area contributed by atoms with Crippen molar-refractivity contribution in [2.45, 2.75) is 51.4 Å². The fourth-order valence-corrected chi connectivity index (χ4v) is 4.18. The Balaban J connectivity index is 1.74. The maximum Gasteiger partial charge on any atom is 0.460 e. The molecule has 0 saturated heterocycles. The van der Waals surface area contributed by atoms with Gasteiger partial charge in [0.05, 0.1) is 33.6 Å². The van der Waals surface area contributed by atoms with Gasteiger partial charge in [0.25, 0.3) is 17.6 Å². The molecule has 46 heavy (non-hydrogen) atoms. The number of aromatic nitrogens is 7. The highest BCUT2D eigenvalue weighted by Crippen LogP contribution is 2.50. The van der Waals surface area contributed by atoms with Crippen molar-refractivity contribution in [2.75, 3.05) is 5.32 Å². The van der Waals surface area contributed by atoms with Crippen LogP contribution in [-0.2, 0) is 12.5 Å². The average molecular weight is 673 g/mol. The van der Waals surface area contributed by atoms with Gasteiger partial charge in [-0.05, 0) is 61.9 Å². The van der Waals surface area contributed by atoms with Crippen LogP contribution >= 0.6 is 11.6 Å². The molecule has 0 aliphatic heterocycles. The maximum atomic E-state index is 14.1. The minimum Gasteiger partial charge on any atom is -0.350 e. The minimum absolute atomic E-state index is 0.00653. The van der Waals surface area contributed by atoms with E-state index in [1.165, 1.54) is 37.4 Å². The van der Waals surface area contributed by atoms with Crippen molar-refractivity contribution in [2.24, 2.45) is 0 Å². The molecule has 0 aliphatic carbocycles. The van der Waals surface area contributed by atoms with Gasteiger partial charge in [0.2, 0.25) is 0 Å². The number of aryl methyl sites for hydroxylation is 1. The molecule has 242 valence electrons. The Hall–Kier alpha value is -5.12. The second-order valence-electron chi connectivity index (χ2n) is 9.94. The molecule has 3 aromatic heterocycles. The van der Waals surface area contributed by atoms with Crippen molar-refractivity contribution >= 4 is 29.1 Å². The number of halogens is 8. The van der Waals surface area contributed by atoms with E-state index in [1.807, 2.05) is 6.07 Å². The summed E-state index contributed by atoms with van der Waals surface area (Å²) in [6.45, 7) is 4.19. The lowest BCUT2D eigenvalue weighted by atomic mass is 10.0. The van der Waals surface area contributed by atoms with Crippen LogP contribution in [0.3, 0.4) is 0 Å². The molecule has 20 heteroatoms. The quantitative estimate of drug-likeness (QED) is 0.240. The molecular formula is C26H20ClF7N10O2. The summed E-state index contributed by atoms with van der Waals surface area (Å²) in [7, 11) is 0. The largest absolute Gasteiger partial charge is 0.460 e. The van der Waals surface area contributed by atoms with Gasteiger partial charge in [-0.2, -0.15) is 45.9 Å². The van der Waals surface area contributed by atoms with Crippen LogP contribution in [0.1, 0.15) is 57.3 Å². The number of hydrogen-bond donors (Lipinski definition) is 2. The summed E-state index contributed by atoms with van der Waals surface area (Å²) in [6, 6.07) is 8.26. The summed E-state index contributed by atoms with van der Waals surface area (Å²) in [5, 5.41) is 27.6. The second kappa shape index (κ2) is 12.3. The molecule has 0 unspecified atom stereocenters. The van der Waals surface area contributed by atoms with E-state index in [2.05, 4.69) is 36.1 Å². The molecule has 0 saturated carbocycles. The van der Waals surface area contributed by atoms with E-state index >= 15 is 0 Å². The van der Waals surface area contributed by atoms with Crippen LogP contribution in [0.15, 0.2) is 36.5 Å². The third-order valence-corrected chi connectivity index (χ3v) is 6.38. The molecule has 2 N–H and O–H groups in total. The number of benzene rings is 1. The Bertz CT molecular complexity index is 1850. The number of anilines is 1. The van der Waals surface area contributed by atoms with Crippen LogP contribution in [-0.4, -0.2) is 64.9 Å². The van der Waals surface area contributed by atoms with E-state index in [9.17, 15) is 45.6 Å². The highest BCUT2D eigenvalue weighted by atomic mass is 35.5. The minimum atomic E-state index is -6.62. The van der Waals surface area contributed by atoms with E-state index in [0.717, 1.165) is 10.7 Å². The predicted molar refractivity (Wildman–Crippen MR) is 145 cm³/mol. The topological polar surface area (TPSA) is 156 Å². The Morgan fingerprint density at radius 1 is 1.07 bits per heavy atom. The van der Waals surface area contributed by atoms with Crippen molar-refractivity contribution < 1.29 is 40.3 Å². The van der Waals surface area contributed by atoms with Crippen LogP contribution in [0.4, 0.5) is 36.4 Å². The number of alkyl halides is 7. The fraction of sp³-hybridized carbons (Fsp3) is 0.308. The molecule has 1 aromatic carbocycles. The maximum absolute atomic E-state index is 14.1. The first kappa shape index (κ1) is 33.8. The van der Waals surface area contributed by atoms with Gasteiger partial charge in [0.1, 0.15) is 12.2 Å². The number of hydrogen-bond acceptors (Lipinski definition) is 8. The Labute approximate surface area is 259 Å². The summed E-state index contributed by atoms with van der Waals surface area (Å²) >= 11 is 6.25. The first-order valence-electron chi connectivity index (χ1n) is 12.8. The molecule has 4 aromatic rings. The number of rotatable bonds is 9. The third-order valence-electron chi connectivity index (χ3n) is 6.09. The number of carbonyl (C=O) groups is 2. The normalized spacial score (nSPS) is 12.2. The third kappa shape index (κ3) is 6.47. The highest BCUT2D eigenvalue weighted by Gasteiger charge is 2.75. The smallest absolute Gasteiger partial charge is 0.350 e. The Morgan fingerprint density at radius 2 is 1.76 bits per heavy atom. The number of pyridine rings is 1. The zero-order valence-corrected chi connectivity index (χ0v) is 24.4. The number of nitrogens with zero attached hydrogens (tertiary/aromatic N) is 8. The van der Waals surface area contributed by atoms with Gasteiger partial charge in [-0.1, -0.05) is 11.6 Å². The lowest BCUT2D eigenvalue weighted by Crippen LogP contribution is -2.50. The van der Waals surface area contributed by atoms with E-state index < -0.39 is 42.2 Å². The van der Waals surface area contributed by atoms with E-state index in [-0.39, 0.29) is 49.9 Å². The Morgan fingerprint density at radius 3 is 2.37 bits per heavy atom. The first-order valence-corrected chi connectivity index (χ1v) is 13.2. The Kier molecular flexibility index (Phi) is 9.06. The van der Waals surface area contributed by atoms with Crippen molar-refractivity contribution in [3.05, 3.63) is 75.5 Å². The van der Waals surface area contributed by atoms with Crippen LogP contribution in [0.5, 0.6) is 0 Å². The van der Waals surface area contributed by atoms with Gasteiger partial charge in [0, 0.05) is 12.2 Å². The standard InChI is InChI=1S/C26H20ClF7N10O2/c1-12(2)37-21(45)16-8-14(10-35)7-13(3)19(16)38-22(46)18-9-15(40-44(18)20-17(27)5-4-6-36-20)11-43-41-23(39-42-43)24(28,29)25(30,31)26(32,33)34/h4-9,12H,11H2,1-3H3,(H,37,45)(H,38,46). The molecule has 0 atom stereocenters. The summed E-state index contributed by atoms with van der Waals surface area (Å²) < 4.78 is 93.9. The summed E-state index contributed by atoms with van der Waals surface area (Å²) in [6.07, 6.45) is -5.31. The SMILES string of the molecule is Cc1cc(C#N)cc(C(=O)NC(C)C)c1NC(=O)c1cc(Cn2nnc(C(F)(F)C(F)(F)C(F)(F)F)n2)nn1-c1ncccc1Cl. The number of tetrazole rings is 1. The molecular weight excluding hydrogens is 653 g/mol. The van der Waals surface area contributed by atoms with E-state index in [0.29, 0.717) is 5.56 Å². The van der Waals surface area contributed by atoms with Gasteiger partial charge in [0.15, 0.2) is 5.82 Å². The van der Waals surface area contributed by atoms with Crippen LogP contribution in [0, 0.1) is 18.3 Å². The summed E-state index contributed by atoms with van der Waals surface area (Å²) in [4.78, 5) is 30.9. The van der Waals surface area contributed by atoms with Gasteiger partial charge < -0.3 is 10.6 Å². The summed E-state index contributed by atoms with van der Waals surface area (Å²) in [5.41, 5.74) is -0.0507. The molecule has 2 amide bonds. The average Bonchev–Trinajstić information content (AvgIpc) is 3.61. The number of amides is 2. The zero-order valence-electron chi connectivity index (χ0n) is 23.7. The molecule has 0 spiro atoms. The van der Waals surface area contributed by atoms with Crippen LogP contribution in [0.25, 0.3) is 5.82 Å². The van der Waals surface area contributed by atoms with Crippen molar-refractivity contribution in [3.63, 3.8) is 0 Å². The molecule has 0 radical (unpaired) electrons. The molecule has 0 aliphatic rings. The number of nitriles is 1. The number of nitrogens with one attached hydrogen (secondary N) is 2. The summed E-state index contributed by atoms with van der Waals surface area (Å²) in [5.74, 6) is -16.2. The highest BCUT2D eigenvalue weighted by molar-refractivity contribution is 6.32. The van der Waals surface area contributed by atoms with Crippen molar-refractivity contribution in [1.29, 1.82) is 5.26 Å². The van der Waals surface area contributed by atoms with Gasteiger partial charge >= 0.3 is 18.0 Å². The second-order valence-corrected chi connectivity index (χ2v) is 10.3. The number of carbonyl (C=O) groups excluding carboxylic acids is 2. The lowest BCUT2D eigenvalue weighted by Gasteiger charge is -2.25. The lowest BCUT2D eigenvalue weighted by molar-refractivity contribution is -0.361. The molecule has 12 nitrogen and oxygen atoms in total. The predicted octanol–water partition coefficient (Wildman–Crippen LogP) is 4.82. The first-order chi connectivity index (χ1) is 21.4. The van der Waals surface area contributed by atoms with Crippen molar-refractivity contribution in [3.8, 4) is 11.9 Å². The molecule has 0 bridgehead atoms. The van der Waals surface area contributed by atoms with E-state index in [1.54, 1.807) is 13.8 Å². The van der Waals surface area contributed by atoms with Crippen LogP contribution in [0.2, 0.25) is 5.02 Å². The monoisotopic (exact) mass is 672 g/mol. The van der Waals surface area contributed by atoms with Crippen LogP contribution < -0.4 is 10.6 Å². The zero-order chi connectivity index (χ0) is 34.2. The van der Waals surface area contributed by atoms with Gasteiger partial charge in [-0.15, -0.1) is 10.2 Å². The molecule has 0 fully saturated rings. The van der Waals surface area contributed by atoms with Gasteiger partial charge in [-0.3, -0.25) is 9.59 Å². The molecule has 3 heterocycles. The molecule has 4 rings (SSSR count). The van der Waals surface area contributed by atoms with E-state index in [4.69, 9.17) is 11.6 Å². The van der Waals surface area contributed by atoms with Gasteiger partial charge in [-0.25, -0.2) is 9.67 Å². The fourth-order valence-electron chi connectivity index (χ4n) is 3.98. The van der Waals surface area contributed by atoms with Crippen molar-refractivity contribution in [1.82, 2.24) is 40.3 Å².